The zero-order valence-electron chi connectivity index (χ0n) is 16.7. The Kier molecular flexibility index (Phi) is 7.17. The van der Waals surface area contributed by atoms with E-state index in [9.17, 15) is 4.79 Å². The maximum atomic E-state index is 12.3. The van der Waals surface area contributed by atoms with Crippen LogP contribution in [-0.2, 0) is 17.9 Å². The molecule has 8 heteroatoms. The summed E-state index contributed by atoms with van der Waals surface area (Å²) in [6.07, 6.45) is 0. The van der Waals surface area contributed by atoms with Crippen LogP contribution in [0.15, 0.2) is 47.6 Å². The molecule has 0 saturated heterocycles. The summed E-state index contributed by atoms with van der Waals surface area (Å²) in [5, 5.41) is 16.1. The molecule has 0 spiro atoms. The standard InChI is InChI=1S/C21H24ClN5OS/c1-4-27-19(12-23-16-8-5-14(2)6-9-16)25-26-21(27)29-13-20(28)24-17-10-7-15(3)18(22)11-17/h5-11,23H,4,12-13H2,1-3H3,(H,24,28). The van der Waals surface area contributed by atoms with Gasteiger partial charge in [0, 0.05) is 22.9 Å². The Morgan fingerprint density at radius 2 is 1.83 bits per heavy atom. The maximum absolute atomic E-state index is 12.3. The van der Waals surface area contributed by atoms with Crippen LogP contribution in [0.25, 0.3) is 0 Å². The van der Waals surface area contributed by atoms with Gasteiger partial charge in [0.05, 0.1) is 12.3 Å². The molecule has 2 aromatic carbocycles. The molecule has 1 heterocycles. The maximum Gasteiger partial charge on any atom is 0.234 e. The van der Waals surface area contributed by atoms with E-state index >= 15 is 0 Å². The average molecular weight is 430 g/mol. The van der Waals surface area contributed by atoms with Crippen LogP contribution >= 0.6 is 23.4 Å². The molecule has 3 rings (SSSR count). The first-order chi connectivity index (χ1) is 14.0. The minimum Gasteiger partial charge on any atom is -0.378 e. The highest BCUT2D eigenvalue weighted by Gasteiger charge is 2.13. The van der Waals surface area contributed by atoms with Gasteiger partial charge in [0.2, 0.25) is 5.91 Å². The van der Waals surface area contributed by atoms with Gasteiger partial charge in [-0.25, -0.2) is 0 Å². The Morgan fingerprint density at radius 3 is 2.52 bits per heavy atom. The monoisotopic (exact) mass is 429 g/mol. The summed E-state index contributed by atoms with van der Waals surface area (Å²) < 4.78 is 2.02. The van der Waals surface area contributed by atoms with Gasteiger partial charge in [-0.15, -0.1) is 10.2 Å². The molecule has 3 aromatic rings. The van der Waals surface area contributed by atoms with Crippen LogP contribution < -0.4 is 10.6 Å². The van der Waals surface area contributed by atoms with Crippen molar-refractivity contribution in [1.82, 2.24) is 14.8 Å². The summed E-state index contributed by atoms with van der Waals surface area (Å²) in [5.74, 6) is 0.968. The van der Waals surface area contributed by atoms with Gasteiger partial charge >= 0.3 is 0 Å². The Morgan fingerprint density at radius 1 is 1.10 bits per heavy atom. The molecular weight excluding hydrogens is 406 g/mol. The number of carbonyl (C=O) groups is 1. The van der Waals surface area contributed by atoms with Gasteiger partial charge in [0.1, 0.15) is 0 Å². The summed E-state index contributed by atoms with van der Waals surface area (Å²) in [4.78, 5) is 12.3. The second-order valence-electron chi connectivity index (χ2n) is 6.66. The largest absolute Gasteiger partial charge is 0.378 e. The van der Waals surface area contributed by atoms with E-state index in [1.54, 1.807) is 6.07 Å². The van der Waals surface area contributed by atoms with Crippen molar-refractivity contribution in [3.63, 3.8) is 0 Å². The first kappa shape index (κ1) is 21.2. The van der Waals surface area contributed by atoms with Crippen molar-refractivity contribution in [1.29, 1.82) is 0 Å². The zero-order chi connectivity index (χ0) is 20.8. The number of hydrogen-bond donors (Lipinski definition) is 2. The number of nitrogens with one attached hydrogen (secondary N) is 2. The van der Waals surface area contributed by atoms with Crippen molar-refractivity contribution >= 4 is 40.6 Å². The van der Waals surface area contributed by atoms with Crippen molar-refractivity contribution in [2.75, 3.05) is 16.4 Å². The number of benzene rings is 2. The molecule has 2 N–H and O–H groups in total. The van der Waals surface area contributed by atoms with Crippen LogP contribution in [0.5, 0.6) is 0 Å². The fourth-order valence-electron chi connectivity index (χ4n) is 2.72. The molecule has 152 valence electrons. The molecule has 0 atom stereocenters. The van der Waals surface area contributed by atoms with Gasteiger partial charge in [-0.1, -0.05) is 47.1 Å². The van der Waals surface area contributed by atoms with E-state index in [-0.39, 0.29) is 11.7 Å². The van der Waals surface area contributed by atoms with Crippen molar-refractivity contribution < 1.29 is 4.79 Å². The van der Waals surface area contributed by atoms with E-state index in [1.165, 1.54) is 17.3 Å². The highest BCUT2D eigenvalue weighted by Crippen LogP contribution is 2.22. The Labute approximate surface area is 180 Å². The number of hydrogen-bond acceptors (Lipinski definition) is 5. The lowest BCUT2D eigenvalue weighted by Crippen LogP contribution is -2.15. The number of anilines is 2. The van der Waals surface area contributed by atoms with E-state index in [2.05, 4.69) is 39.9 Å². The SMILES string of the molecule is CCn1c(CNc2ccc(C)cc2)nnc1SCC(=O)Nc1ccc(C)c(Cl)c1. The van der Waals surface area contributed by atoms with E-state index < -0.39 is 0 Å². The van der Waals surface area contributed by atoms with Crippen LogP contribution in [0.2, 0.25) is 5.02 Å². The molecule has 0 aliphatic rings. The number of amides is 1. The van der Waals surface area contributed by atoms with Gasteiger partial charge in [0.15, 0.2) is 11.0 Å². The van der Waals surface area contributed by atoms with Gasteiger partial charge in [-0.3, -0.25) is 4.79 Å². The molecule has 0 aliphatic heterocycles. The summed E-state index contributed by atoms with van der Waals surface area (Å²) in [6.45, 7) is 7.32. The van der Waals surface area contributed by atoms with E-state index in [4.69, 9.17) is 11.6 Å². The molecule has 0 bridgehead atoms. The van der Waals surface area contributed by atoms with Crippen molar-refractivity contribution in [2.45, 2.75) is 39.0 Å². The molecule has 29 heavy (non-hydrogen) atoms. The topological polar surface area (TPSA) is 71.8 Å². The third kappa shape index (κ3) is 5.74. The fourth-order valence-corrected chi connectivity index (χ4v) is 3.73. The zero-order valence-corrected chi connectivity index (χ0v) is 18.3. The van der Waals surface area contributed by atoms with E-state index in [0.717, 1.165) is 28.8 Å². The number of aryl methyl sites for hydroxylation is 2. The summed E-state index contributed by atoms with van der Waals surface area (Å²) >= 11 is 7.48. The first-order valence-electron chi connectivity index (χ1n) is 9.37. The lowest BCUT2D eigenvalue weighted by atomic mass is 10.2. The number of nitrogens with zero attached hydrogens (tertiary/aromatic N) is 3. The minimum atomic E-state index is -0.111. The van der Waals surface area contributed by atoms with E-state index in [0.29, 0.717) is 17.3 Å². The van der Waals surface area contributed by atoms with Crippen molar-refractivity contribution in [3.05, 3.63) is 64.4 Å². The van der Waals surface area contributed by atoms with Crippen LogP contribution in [0.3, 0.4) is 0 Å². The number of halogens is 1. The molecule has 0 radical (unpaired) electrons. The average Bonchev–Trinajstić information content (AvgIpc) is 3.10. The number of thioether (sulfide) groups is 1. The van der Waals surface area contributed by atoms with Crippen LogP contribution in [0, 0.1) is 13.8 Å². The van der Waals surface area contributed by atoms with Crippen molar-refractivity contribution in [2.24, 2.45) is 0 Å². The quantitative estimate of drug-likeness (QED) is 0.498. The Balaban J connectivity index is 1.57. The third-order valence-corrected chi connectivity index (χ3v) is 5.77. The predicted octanol–water partition coefficient (Wildman–Crippen LogP) is 4.91. The third-order valence-electron chi connectivity index (χ3n) is 4.40. The Hall–Kier alpha value is -2.51. The molecular formula is C21H24ClN5OS. The number of aromatic nitrogens is 3. The first-order valence-corrected chi connectivity index (χ1v) is 10.7. The summed E-state index contributed by atoms with van der Waals surface area (Å²) in [5.41, 5.74) is 3.91. The second-order valence-corrected chi connectivity index (χ2v) is 8.01. The van der Waals surface area contributed by atoms with Crippen molar-refractivity contribution in [3.8, 4) is 0 Å². The lowest BCUT2D eigenvalue weighted by Gasteiger charge is -2.10. The second kappa shape index (κ2) is 9.80. The number of carbonyl (C=O) groups excluding carboxylic acids is 1. The molecule has 1 amide bonds. The molecule has 1 aromatic heterocycles. The minimum absolute atomic E-state index is 0.111. The normalized spacial score (nSPS) is 10.8. The van der Waals surface area contributed by atoms with Crippen LogP contribution in [0.1, 0.15) is 23.9 Å². The summed E-state index contributed by atoms with van der Waals surface area (Å²) in [7, 11) is 0. The van der Waals surface area contributed by atoms with E-state index in [1.807, 2.05) is 42.7 Å². The van der Waals surface area contributed by atoms with Gasteiger partial charge in [-0.2, -0.15) is 0 Å². The van der Waals surface area contributed by atoms with Gasteiger partial charge in [0.25, 0.3) is 0 Å². The lowest BCUT2D eigenvalue weighted by molar-refractivity contribution is -0.113. The smallest absolute Gasteiger partial charge is 0.234 e. The van der Waals surface area contributed by atoms with Gasteiger partial charge in [-0.05, 0) is 50.6 Å². The van der Waals surface area contributed by atoms with Crippen LogP contribution in [-0.4, -0.2) is 26.4 Å². The molecule has 0 fully saturated rings. The van der Waals surface area contributed by atoms with Crippen LogP contribution in [0.4, 0.5) is 11.4 Å². The molecule has 0 aliphatic carbocycles. The molecule has 0 unspecified atom stereocenters. The Bertz CT molecular complexity index is 987. The van der Waals surface area contributed by atoms with Gasteiger partial charge < -0.3 is 15.2 Å². The molecule has 6 nitrogen and oxygen atoms in total. The highest BCUT2D eigenvalue weighted by molar-refractivity contribution is 7.99. The summed E-state index contributed by atoms with van der Waals surface area (Å²) in [6, 6.07) is 13.7. The predicted molar refractivity (Wildman–Crippen MR) is 120 cm³/mol. The number of rotatable bonds is 8. The highest BCUT2D eigenvalue weighted by atomic mass is 35.5. The fraction of sp³-hybridized carbons (Fsp3) is 0.286. The molecule has 0 saturated carbocycles.